The molecule has 0 aromatic carbocycles. The predicted molar refractivity (Wildman–Crippen MR) is 142 cm³/mol. The van der Waals surface area contributed by atoms with E-state index in [-0.39, 0.29) is 17.8 Å². The number of hydrogen-bond acceptors (Lipinski definition) is 9. The highest BCUT2D eigenvalue weighted by atomic mass is 32.2. The van der Waals surface area contributed by atoms with Crippen molar-refractivity contribution in [1.29, 1.82) is 0 Å². The lowest BCUT2D eigenvalue weighted by atomic mass is 9.81. The second-order valence-electron chi connectivity index (χ2n) is 10.4. The van der Waals surface area contributed by atoms with Crippen LogP contribution < -0.4 is 10.2 Å². The van der Waals surface area contributed by atoms with E-state index < -0.39 is 27.9 Å². The molecule has 0 spiro atoms. The Morgan fingerprint density at radius 2 is 1.93 bits per heavy atom. The molecule has 4 heterocycles. The van der Waals surface area contributed by atoms with Gasteiger partial charge in [-0.25, -0.2) is 23.4 Å². The van der Waals surface area contributed by atoms with Crippen molar-refractivity contribution < 1.29 is 26.7 Å². The van der Waals surface area contributed by atoms with Crippen LogP contribution in [-0.2, 0) is 10.0 Å². The Morgan fingerprint density at radius 1 is 1.18 bits per heavy atom. The first-order chi connectivity index (χ1) is 19.0. The SMILES string of the molecule is CC1(CO)CCN(c2cc(Nc3ccnc(-c4cnn(S(=O)(=O)C5CC5)c4)n3)ncc2C#CCC(F)(F)F)CC1. The summed E-state index contributed by atoms with van der Waals surface area (Å²) in [4.78, 5) is 15.1. The molecule has 0 atom stereocenters. The van der Waals surface area contributed by atoms with Gasteiger partial charge in [-0.2, -0.15) is 22.4 Å². The van der Waals surface area contributed by atoms with E-state index in [1.54, 1.807) is 12.1 Å². The van der Waals surface area contributed by atoms with E-state index in [1.807, 2.05) is 11.8 Å². The third-order valence-corrected chi connectivity index (χ3v) is 9.06. The van der Waals surface area contributed by atoms with Crippen molar-refractivity contribution in [3.8, 4) is 23.2 Å². The van der Waals surface area contributed by atoms with Crippen molar-refractivity contribution in [2.24, 2.45) is 5.41 Å². The summed E-state index contributed by atoms with van der Waals surface area (Å²) in [5.74, 6) is 5.84. The van der Waals surface area contributed by atoms with E-state index in [4.69, 9.17) is 0 Å². The Hall–Kier alpha value is -3.70. The van der Waals surface area contributed by atoms with Gasteiger partial charge in [0.25, 0.3) is 10.0 Å². The lowest BCUT2D eigenvalue weighted by Crippen LogP contribution is -2.40. The van der Waals surface area contributed by atoms with Crippen molar-refractivity contribution in [3.05, 3.63) is 42.5 Å². The van der Waals surface area contributed by atoms with E-state index in [9.17, 15) is 26.7 Å². The number of rotatable bonds is 7. The molecule has 1 aliphatic heterocycles. The first-order valence-electron chi connectivity index (χ1n) is 12.8. The fourth-order valence-electron chi connectivity index (χ4n) is 4.33. The van der Waals surface area contributed by atoms with Crippen molar-refractivity contribution in [2.45, 2.75) is 50.5 Å². The van der Waals surface area contributed by atoms with E-state index in [0.29, 0.717) is 67.2 Å². The minimum Gasteiger partial charge on any atom is -0.396 e. The summed E-state index contributed by atoms with van der Waals surface area (Å²) in [6.45, 7) is 3.26. The monoisotopic (exact) mass is 575 g/mol. The zero-order valence-electron chi connectivity index (χ0n) is 21.7. The highest BCUT2D eigenvalue weighted by molar-refractivity contribution is 7.90. The number of aliphatic hydroxyl groups excluding tert-OH is 1. The number of hydrogen-bond donors (Lipinski definition) is 2. The van der Waals surface area contributed by atoms with E-state index in [1.165, 1.54) is 24.8 Å². The van der Waals surface area contributed by atoms with Gasteiger partial charge in [-0.05, 0) is 37.2 Å². The summed E-state index contributed by atoms with van der Waals surface area (Å²) in [5.41, 5.74) is 1.22. The molecule has 40 heavy (non-hydrogen) atoms. The molecule has 0 unspecified atom stereocenters. The maximum absolute atomic E-state index is 12.7. The molecule has 10 nitrogen and oxygen atoms in total. The Balaban J connectivity index is 1.39. The van der Waals surface area contributed by atoms with Crippen LogP contribution in [-0.4, -0.2) is 68.8 Å². The third kappa shape index (κ3) is 6.37. The number of piperidine rings is 1. The van der Waals surface area contributed by atoms with Gasteiger partial charge >= 0.3 is 6.18 Å². The molecule has 2 aliphatic rings. The van der Waals surface area contributed by atoms with Crippen molar-refractivity contribution >= 4 is 27.3 Å². The highest BCUT2D eigenvalue weighted by Crippen LogP contribution is 2.35. The second-order valence-corrected chi connectivity index (χ2v) is 12.4. The van der Waals surface area contributed by atoms with Crippen LogP contribution in [0.1, 0.15) is 44.6 Å². The molecule has 212 valence electrons. The van der Waals surface area contributed by atoms with Crippen molar-refractivity contribution in [2.75, 3.05) is 29.9 Å². The largest absolute Gasteiger partial charge is 0.399 e. The lowest BCUT2D eigenvalue weighted by molar-refractivity contribution is -0.123. The number of pyridine rings is 1. The lowest BCUT2D eigenvalue weighted by Gasteiger charge is -2.39. The number of halogens is 3. The van der Waals surface area contributed by atoms with Crippen molar-refractivity contribution in [3.63, 3.8) is 0 Å². The van der Waals surface area contributed by atoms with Gasteiger partial charge in [0.2, 0.25) is 0 Å². The molecule has 0 radical (unpaired) electrons. The van der Waals surface area contributed by atoms with Crippen LogP contribution >= 0.6 is 0 Å². The summed E-state index contributed by atoms with van der Waals surface area (Å²) >= 11 is 0. The van der Waals surface area contributed by atoms with Crippen LogP contribution in [0.2, 0.25) is 0 Å². The maximum atomic E-state index is 12.7. The zero-order valence-corrected chi connectivity index (χ0v) is 22.5. The molecule has 5 rings (SSSR count). The Bertz CT molecular complexity index is 1550. The Kier molecular flexibility index (Phi) is 7.45. The van der Waals surface area contributed by atoms with Gasteiger partial charge in [-0.15, -0.1) is 0 Å². The average molecular weight is 576 g/mol. The first kappa shape index (κ1) is 27.9. The third-order valence-electron chi connectivity index (χ3n) is 7.02. The Morgan fingerprint density at radius 3 is 2.60 bits per heavy atom. The van der Waals surface area contributed by atoms with Gasteiger partial charge < -0.3 is 15.3 Å². The molecular weight excluding hydrogens is 547 g/mol. The van der Waals surface area contributed by atoms with Gasteiger partial charge in [0.1, 0.15) is 18.1 Å². The molecule has 2 N–H and O–H groups in total. The number of aromatic nitrogens is 5. The van der Waals surface area contributed by atoms with Gasteiger partial charge in [-0.3, -0.25) is 0 Å². The summed E-state index contributed by atoms with van der Waals surface area (Å²) in [5, 5.41) is 16.4. The number of nitrogens with one attached hydrogen (secondary N) is 1. The zero-order chi connectivity index (χ0) is 28.5. The molecule has 2 fully saturated rings. The standard InChI is InChI=1S/C26H28F3N7O3S/c1-25(17-37)8-11-35(12-9-25)21-13-23(31-14-18(21)3-2-7-26(27,28)29)33-22-6-10-30-24(34-22)19-15-32-36(16-19)40(38,39)20-4-5-20/h6,10,13-16,20,37H,4-5,7-9,11-12,17H2,1H3,(H,30,31,33,34). The fraction of sp³-hybridized carbons (Fsp3) is 0.462. The van der Waals surface area contributed by atoms with Crippen LogP contribution in [0.25, 0.3) is 11.4 Å². The molecule has 1 saturated heterocycles. The van der Waals surface area contributed by atoms with E-state index in [0.717, 1.165) is 4.09 Å². The Labute approximate surface area is 229 Å². The van der Waals surface area contributed by atoms with Crippen LogP contribution in [0.5, 0.6) is 0 Å². The quantitative estimate of drug-likeness (QED) is 0.406. The molecule has 0 amide bonds. The molecule has 0 bridgehead atoms. The molecule has 14 heteroatoms. The fourth-order valence-corrected chi connectivity index (χ4v) is 5.81. The second kappa shape index (κ2) is 10.7. The average Bonchev–Trinajstić information content (AvgIpc) is 3.66. The molecule has 1 aliphatic carbocycles. The van der Waals surface area contributed by atoms with E-state index >= 15 is 0 Å². The molecule has 1 saturated carbocycles. The number of aliphatic hydroxyl groups is 1. The molecule has 3 aromatic heterocycles. The van der Waals surface area contributed by atoms with Crippen LogP contribution in [0.3, 0.4) is 0 Å². The number of nitrogens with zero attached hydrogens (tertiary/aromatic N) is 6. The maximum Gasteiger partial charge on any atom is 0.399 e. The van der Waals surface area contributed by atoms with Crippen LogP contribution in [0, 0.1) is 17.3 Å². The molecule has 3 aromatic rings. The number of alkyl halides is 3. The van der Waals surface area contributed by atoms with Gasteiger partial charge in [-0.1, -0.05) is 18.8 Å². The summed E-state index contributed by atoms with van der Waals surface area (Å²) in [6.07, 6.45) is 2.75. The number of anilines is 3. The topological polar surface area (TPSA) is 126 Å². The summed E-state index contributed by atoms with van der Waals surface area (Å²) in [6, 6.07) is 3.32. The van der Waals surface area contributed by atoms with Gasteiger partial charge in [0.05, 0.1) is 34.5 Å². The van der Waals surface area contributed by atoms with Crippen molar-refractivity contribution in [1.82, 2.24) is 24.1 Å². The summed E-state index contributed by atoms with van der Waals surface area (Å²) < 4.78 is 63.9. The normalized spacial score (nSPS) is 17.3. The van der Waals surface area contributed by atoms with Crippen LogP contribution in [0.15, 0.2) is 36.9 Å². The van der Waals surface area contributed by atoms with Gasteiger partial charge in [0.15, 0.2) is 5.82 Å². The smallest absolute Gasteiger partial charge is 0.396 e. The minimum atomic E-state index is -4.39. The highest BCUT2D eigenvalue weighted by Gasteiger charge is 2.37. The summed E-state index contributed by atoms with van der Waals surface area (Å²) in [7, 11) is -3.52. The minimum absolute atomic E-state index is 0.0592. The van der Waals surface area contributed by atoms with Gasteiger partial charge in [0, 0.05) is 38.2 Å². The first-order valence-corrected chi connectivity index (χ1v) is 14.3. The van der Waals surface area contributed by atoms with E-state index in [2.05, 4.69) is 37.2 Å². The predicted octanol–water partition coefficient (Wildman–Crippen LogP) is 3.72. The van der Waals surface area contributed by atoms with Crippen LogP contribution in [0.4, 0.5) is 30.5 Å². The molecular formula is C26H28F3N7O3S.